The van der Waals surface area contributed by atoms with E-state index < -0.39 is 0 Å². The van der Waals surface area contributed by atoms with Crippen molar-refractivity contribution in [1.29, 1.82) is 0 Å². The van der Waals surface area contributed by atoms with E-state index in [1.54, 1.807) is 6.20 Å². The molecule has 2 heterocycles. The molecule has 0 aliphatic carbocycles. The van der Waals surface area contributed by atoms with Crippen LogP contribution in [0, 0.1) is 6.92 Å². The van der Waals surface area contributed by atoms with Crippen molar-refractivity contribution in [3.63, 3.8) is 0 Å². The van der Waals surface area contributed by atoms with Crippen LogP contribution in [-0.2, 0) is 0 Å². The van der Waals surface area contributed by atoms with Gasteiger partial charge in [0.15, 0.2) is 0 Å². The van der Waals surface area contributed by atoms with E-state index in [-0.39, 0.29) is 0 Å². The first kappa shape index (κ1) is 10.3. The second-order valence-electron chi connectivity index (χ2n) is 2.51. The topological polar surface area (TPSA) is 28.7 Å². The van der Waals surface area contributed by atoms with Gasteiger partial charge < -0.3 is 4.98 Å². The number of nitrogens with one attached hydrogen (secondary N) is 1. The van der Waals surface area contributed by atoms with Crippen LogP contribution in [-0.4, -0.2) is 9.97 Å². The number of hydrogen-bond donors (Lipinski definition) is 1. The Hall–Kier alpha value is -0.830. The molecule has 0 spiro atoms. The minimum atomic E-state index is 0.942. The summed E-state index contributed by atoms with van der Waals surface area (Å²) in [5, 5.41) is 1.14. The first-order valence-corrected chi connectivity index (χ1v) is 5.16. The zero-order chi connectivity index (χ0) is 9.84. The number of nitrogens with zero attached hydrogens (tertiary/aromatic N) is 1. The summed E-state index contributed by atoms with van der Waals surface area (Å²) in [4.78, 5) is 7.34. The Kier molecular flexibility index (Phi) is 3.48. The highest BCUT2D eigenvalue weighted by molar-refractivity contribution is 9.10. The van der Waals surface area contributed by atoms with E-state index in [0.29, 0.717) is 0 Å². The molecular weight excluding hydrogens is 228 g/mol. The van der Waals surface area contributed by atoms with E-state index in [0.717, 1.165) is 21.2 Å². The highest BCUT2D eigenvalue weighted by Crippen LogP contribution is 2.21. The van der Waals surface area contributed by atoms with Crippen molar-refractivity contribution < 1.29 is 0 Å². The summed E-state index contributed by atoms with van der Waals surface area (Å²) >= 11 is 3.45. The highest BCUT2D eigenvalue weighted by atomic mass is 79.9. The normalized spacial score (nSPS) is 9.54. The quantitative estimate of drug-likeness (QED) is 0.749. The molecule has 2 rings (SSSR count). The Labute approximate surface area is 86.5 Å². The molecule has 0 bridgehead atoms. The van der Waals surface area contributed by atoms with Gasteiger partial charge in [-0.15, -0.1) is 0 Å². The molecule has 0 radical (unpaired) electrons. The summed E-state index contributed by atoms with van der Waals surface area (Å²) in [7, 11) is 0. The van der Waals surface area contributed by atoms with E-state index in [2.05, 4.69) is 32.0 Å². The molecule has 0 aromatic carbocycles. The highest BCUT2D eigenvalue weighted by Gasteiger charge is 2.00. The summed E-state index contributed by atoms with van der Waals surface area (Å²) < 4.78 is 1.09. The van der Waals surface area contributed by atoms with Crippen molar-refractivity contribution in [3.8, 4) is 0 Å². The van der Waals surface area contributed by atoms with Gasteiger partial charge in [-0.2, -0.15) is 0 Å². The zero-order valence-corrected chi connectivity index (χ0v) is 9.64. The molecule has 0 saturated carbocycles. The predicted molar refractivity (Wildman–Crippen MR) is 59.9 cm³/mol. The molecule has 0 aliphatic rings. The van der Waals surface area contributed by atoms with Crippen molar-refractivity contribution in [3.05, 3.63) is 28.5 Å². The maximum absolute atomic E-state index is 4.18. The molecule has 3 heteroatoms. The van der Waals surface area contributed by atoms with Crippen molar-refractivity contribution in [2.75, 3.05) is 0 Å². The predicted octanol–water partition coefficient (Wildman–Crippen LogP) is 3.66. The number of pyridine rings is 1. The van der Waals surface area contributed by atoms with E-state index in [1.165, 1.54) is 0 Å². The van der Waals surface area contributed by atoms with Crippen LogP contribution in [0.15, 0.2) is 22.8 Å². The summed E-state index contributed by atoms with van der Waals surface area (Å²) in [6, 6.07) is 4.02. The average molecular weight is 241 g/mol. The Morgan fingerprint density at radius 2 is 2.08 bits per heavy atom. The van der Waals surface area contributed by atoms with Crippen LogP contribution in [0.4, 0.5) is 0 Å². The molecule has 0 saturated heterocycles. The summed E-state index contributed by atoms with van der Waals surface area (Å²) in [6.45, 7) is 6.02. The molecule has 13 heavy (non-hydrogen) atoms. The number of hydrogen-bond acceptors (Lipinski definition) is 1. The fourth-order valence-corrected chi connectivity index (χ4v) is 1.55. The van der Waals surface area contributed by atoms with E-state index >= 15 is 0 Å². The van der Waals surface area contributed by atoms with Crippen LogP contribution in [0.1, 0.15) is 19.5 Å². The van der Waals surface area contributed by atoms with Gasteiger partial charge in [0.2, 0.25) is 0 Å². The number of aromatic amines is 1. The van der Waals surface area contributed by atoms with Crippen molar-refractivity contribution in [2.45, 2.75) is 20.8 Å². The van der Waals surface area contributed by atoms with Gasteiger partial charge in [-0.05, 0) is 35.0 Å². The largest absolute Gasteiger partial charge is 0.344 e. The molecule has 0 fully saturated rings. The number of fused-ring (bicyclic) bond motifs is 1. The van der Waals surface area contributed by atoms with Gasteiger partial charge in [0.05, 0.1) is 0 Å². The zero-order valence-electron chi connectivity index (χ0n) is 8.06. The molecule has 0 amide bonds. The summed E-state index contributed by atoms with van der Waals surface area (Å²) in [6.07, 6.45) is 1.78. The Balaban J connectivity index is 0.000000396. The molecule has 2 aromatic heterocycles. The first-order valence-electron chi connectivity index (χ1n) is 4.37. The van der Waals surface area contributed by atoms with Gasteiger partial charge >= 0.3 is 0 Å². The fourth-order valence-electron chi connectivity index (χ4n) is 1.13. The Morgan fingerprint density at radius 1 is 1.38 bits per heavy atom. The van der Waals surface area contributed by atoms with Gasteiger partial charge in [-0.1, -0.05) is 13.8 Å². The SMILES string of the molecule is CC.Cc1cc2c(Br)ccnc2[nH]1. The fraction of sp³-hybridized carbons (Fsp3) is 0.300. The monoisotopic (exact) mass is 240 g/mol. The molecule has 0 atom stereocenters. The second kappa shape index (κ2) is 4.42. The maximum Gasteiger partial charge on any atom is 0.138 e. The minimum Gasteiger partial charge on any atom is -0.344 e. The molecule has 0 unspecified atom stereocenters. The Morgan fingerprint density at radius 3 is 2.69 bits per heavy atom. The summed E-state index contributed by atoms with van der Waals surface area (Å²) in [5.41, 5.74) is 2.08. The van der Waals surface area contributed by atoms with Crippen LogP contribution < -0.4 is 0 Å². The van der Waals surface area contributed by atoms with Crippen LogP contribution in [0.25, 0.3) is 11.0 Å². The smallest absolute Gasteiger partial charge is 0.138 e. The van der Waals surface area contributed by atoms with Crippen LogP contribution in [0.3, 0.4) is 0 Å². The van der Waals surface area contributed by atoms with E-state index in [4.69, 9.17) is 0 Å². The lowest BCUT2D eigenvalue weighted by molar-refractivity contribution is 1.25. The number of aryl methyl sites for hydroxylation is 1. The lowest BCUT2D eigenvalue weighted by Gasteiger charge is -1.89. The van der Waals surface area contributed by atoms with Gasteiger partial charge in [-0.3, -0.25) is 0 Å². The molecule has 2 aromatic rings. The van der Waals surface area contributed by atoms with Gasteiger partial charge in [0, 0.05) is 21.7 Å². The lowest BCUT2D eigenvalue weighted by atomic mass is 10.3. The molecule has 0 aliphatic heterocycles. The molecule has 2 nitrogen and oxygen atoms in total. The third kappa shape index (κ3) is 2.10. The number of rotatable bonds is 0. The van der Waals surface area contributed by atoms with Gasteiger partial charge in [0.25, 0.3) is 0 Å². The van der Waals surface area contributed by atoms with Crippen LogP contribution in [0.5, 0.6) is 0 Å². The standard InChI is InChI=1S/C8H7BrN2.C2H6/c1-5-4-6-7(9)2-3-10-8(6)11-5;1-2/h2-4H,1H3,(H,10,11);1-2H3. The lowest BCUT2D eigenvalue weighted by Crippen LogP contribution is -1.74. The first-order chi connectivity index (χ1) is 6.27. The third-order valence-electron chi connectivity index (χ3n) is 1.61. The van der Waals surface area contributed by atoms with Crippen molar-refractivity contribution >= 4 is 27.0 Å². The van der Waals surface area contributed by atoms with Crippen molar-refractivity contribution in [2.24, 2.45) is 0 Å². The maximum atomic E-state index is 4.18. The van der Waals surface area contributed by atoms with E-state index in [1.807, 2.05) is 26.8 Å². The average Bonchev–Trinajstić information content (AvgIpc) is 2.51. The second-order valence-corrected chi connectivity index (χ2v) is 3.36. The molecule has 1 N–H and O–H groups in total. The van der Waals surface area contributed by atoms with Gasteiger partial charge in [-0.25, -0.2) is 4.98 Å². The summed E-state index contributed by atoms with van der Waals surface area (Å²) in [5.74, 6) is 0. The minimum absolute atomic E-state index is 0.942. The van der Waals surface area contributed by atoms with Crippen LogP contribution >= 0.6 is 15.9 Å². The number of halogens is 1. The number of H-pyrrole nitrogens is 1. The number of aromatic nitrogens is 2. The molecule has 70 valence electrons. The molecular formula is C10H13BrN2. The third-order valence-corrected chi connectivity index (χ3v) is 2.30. The van der Waals surface area contributed by atoms with E-state index in [9.17, 15) is 0 Å². The van der Waals surface area contributed by atoms with Crippen molar-refractivity contribution in [1.82, 2.24) is 9.97 Å². The van der Waals surface area contributed by atoms with Gasteiger partial charge in [0.1, 0.15) is 5.65 Å². The Bertz CT molecular complexity index is 393. The van der Waals surface area contributed by atoms with Crippen LogP contribution in [0.2, 0.25) is 0 Å².